The Hall–Kier alpha value is -3.02. The topological polar surface area (TPSA) is 68.8 Å². The van der Waals surface area contributed by atoms with Crippen molar-refractivity contribution in [3.8, 4) is 0 Å². The fourth-order valence-electron chi connectivity index (χ4n) is 3.63. The molecule has 3 rings (SSSR count). The van der Waals surface area contributed by atoms with Crippen molar-refractivity contribution >= 4 is 23.2 Å². The predicted octanol–water partition coefficient (Wildman–Crippen LogP) is 4.31. The molecule has 1 heterocycles. The van der Waals surface area contributed by atoms with E-state index in [0.717, 1.165) is 30.3 Å². The summed E-state index contributed by atoms with van der Waals surface area (Å²) in [6.45, 7) is 8.87. The van der Waals surface area contributed by atoms with Gasteiger partial charge in [0.25, 0.3) is 0 Å². The number of carbonyl (C=O) groups is 1. The van der Waals surface area contributed by atoms with Crippen LogP contribution in [-0.4, -0.2) is 32.0 Å². The van der Waals surface area contributed by atoms with Crippen molar-refractivity contribution < 1.29 is 4.79 Å². The van der Waals surface area contributed by atoms with E-state index in [1.807, 2.05) is 38.1 Å². The minimum absolute atomic E-state index is 0.0262. The summed E-state index contributed by atoms with van der Waals surface area (Å²) in [6, 6.07) is 16.8. The highest BCUT2D eigenvalue weighted by Crippen LogP contribution is 2.24. The molecular weight excluding hydrogens is 386 g/mol. The van der Waals surface area contributed by atoms with Crippen LogP contribution >= 0.6 is 0 Å². The first-order chi connectivity index (χ1) is 15.0. The fraction of sp³-hybridized carbons (Fsp3) is 0.440. The van der Waals surface area contributed by atoms with Gasteiger partial charge < -0.3 is 20.9 Å². The summed E-state index contributed by atoms with van der Waals surface area (Å²) in [5, 5.41) is 9.77. The van der Waals surface area contributed by atoms with E-state index < -0.39 is 0 Å². The third kappa shape index (κ3) is 6.48. The SMILES string of the molecule is CN=C(NCc1ccc(NC(=O)C(C)C)cc1)NC(C)c1cccc(N2CCCC2)c1. The lowest BCUT2D eigenvalue weighted by atomic mass is 10.1. The highest BCUT2D eigenvalue weighted by molar-refractivity contribution is 5.92. The number of nitrogens with zero attached hydrogens (tertiary/aromatic N) is 2. The third-order valence-electron chi connectivity index (χ3n) is 5.62. The van der Waals surface area contributed by atoms with Crippen LogP contribution in [0.5, 0.6) is 0 Å². The van der Waals surface area contributed by atoms with Crippen molar-refractivity contribution in [2.75, 3.05) is 30.4 Å². The molecule has 1 saturated heterocycles. The standard InChI is InChI=1S/C25H35N5O/c1-18(2)24(31)29-22-12-10-20(11-13-22)17-27-25(26-4)28-19(3)21-8-7-9-23(16-21)30-14-5-6-15-30/h7-13,16,18-19H,5-6,14-15,17H2,1-4H3,(H,29,31)(H2,26,27,28). The van der Waals surface area contributed by atoms with Crippen LogP contribution in [0.4, 0.5) is 11.4 Å². The van der Waals surface area contributed by atoms with E-state index in [9.17, 15) is 4.79 Å². The predicted molar refractivity (Wildman–Crippen MR) is 130 cm³/mol. The molecule has 166 valence electrons. The molecule has 1 amide bonds. The van der Waals surface area contributed by atoms with Gasteiger partial charge in [0.1, 0.15) is 0 Å². The van der Waals surface area contributed by atoms with Crippen LogP contribution in [-0.2, 0) is 11.3 Å². The number of nitrogens with one attached hydrogen (secondary N) is 3. The lowest BCUT2D eigenvalue weighted by Gasteiger charge is -2.22. The highest BCUT2D eigenvalue weighted by atomic mass is 16.1. The van der Waals surface area contributed by atoms with Crippen LogP contribution in [0.1, 0.15) is 50.8 Å². The van der Waals surface area contributed by atoms with Crippen molar-refractivity contribution in [1.29, 1.82) is 0 Å². The van der Waals surface area contributed by atoms with E-state index in [0.29, 0.717) is 6.54 Å². The Morgan fingerprint density at radius 3 is 2.42 bits per heavy atom. The summed E-state index contributed by atoms with van der Waals surface area (Å²) in [4.78, 5) is 18.6. The average Bonchev–Trinajstić information content (AvgIpc) is 3.32. The Labute approximate surface area is 186 Å². The molecule has 0 bridgehead atoms. The average molecular weight is 422 g/mol. The first kappa shape index (κ1) is 22.7. The molecule has 0 saturated carbocycles. The van der Waals surface area contributed by atoms with E-state index in [2.05, 4.69) is 57.0 Å². The smallest absolute Gasteiger partial charge is 0.226 e. The van der Waals surface area contributed by atoms with Crippen molar-refractivity contribution in [2.45, 2.75) is 46.2 Å². The zero-order valence-electron chi connectivity index (χ0n) is 19.1. The molecule has 3 N–H and O–H groups in total. The molecule has 1 aliphatic rings. The Morgan fingerprint density at radius 2 is 1.77 bits per heavy atom. The molecular formula is C25H35N5O. The Balaban J connectivity index is 1.53. The fourth-order valence-corrected chi connectivity index (χ4v) is 3.63. The lowest BCUT2D eigenvalue weighted by molar-refractivity contribution is -0.118. The molecule has 2 aromatic rings. The van der Waals surface area contributed by atoms with Gasteiger partial charge in [-0.05, 0) is 55.2 Å². The van der Waals surface area contributed by atoms with Crippen molar-refractivity contribution in [3.63, 3.8) is 0 Å². The second-order valence-corrected chi connectivity index (χ2v) is 8.42. The maximum absolute atomic E-state index is 11.8. The summed E-state index contributed by atoms with van der Waals surface area (Å²) >= 11 is 0. The van der Waals surface area contributed by atoms with Gasteiger partial charge in [0.15, 0.2) is 5.96 Å². The molecule has 1 unspecified atom stereocenters. The number of guanidine groups is 1. The van der Waals surface area contributed by atoms with E-state index >= 15 is 0 Å². The maximum Gasteiger partial charge on any atom is 0.226 e. The Kier molecular flexibility index (Phi) is 7.93. The molecule has 1 aliphatic heterocycles. The van der Waals surface area contributed by atoms with Gasteiger partial charge in [-0.25, -0.2) is 0 Å². The summed E-state index contributed by atoms with van der Waals surface area (Å²) in [5.74, 6) is 0.753. The van der Waals surface area contributed by atoms with Crippen LogP contribution < -0.4 is 20.9 Å². The van der Waals surface area contributed by atoms with Crippen molar-refractivity contribution in [2.24, 2.45) is 10.9 Å². The minimum Gasteiger partial charge on any atom is -0.372 e. The number of hydrogen-bond acceptors (Lipinski definition) is 3. The van der Waals surface area contributed by atoms with Crippen LogP contribution in [0.15, 0.2) is 53.5 Å². The second-order valence-electron chi connectivity index (χ2n) is 8.42. The van der Waals surface area contributed by atoms with Gasteiger partial charge in [-0.3, -0.25) is 9.79 Å². The number of aliphatic imine (C=N–C) groups is 1. The van der Waals surface area contributed by atoms with Crippen molar-refractivity contribution in [1.82, 2.24) is 10.6 Å². The largest absolute Gasteiger partial charge is 0.372 e. The summed E-state index contributed by atoms with van der Waals surface area (Å²) in [5.41, 5.74) is 4.49. The van der Waals surface area contributed by atoms with E-state index in [1.54, 1.807) is 7.05 Å². The van der Waals surface area contributed by atoms with Gasteiger partial charge in [-0.15, -0.1) is 0 Å². The number of anilines is 2. The Bertz CT molecular complexity index is 885. The summed E-state index contributed by atoms with van der Waals surface area (Å²) < 4.78 is 0. The molecule has 0 aliphatic carbocycles. The quantitative estimate of drug-likeness (QED) is 0.460. The Morgan fingerprint density at radius 1 is 1.06 bits per heavy atom. The van der Waals surface area contributed by atoms with Gasteiger partial charge in [-0.2, -0.15) is 0 Å². The third-order valence-corrected chi connectivity index (χ3v) is 5.62. The van der Waals surface area contributed by atoms with Gasteiger partial charge in [0, 0.05) is 44.0 Å². The molecule has 0 radical (unpaired) electrons. The number of amides is 1. The molecule has 6 heteroatoms. The normalized spacial score (nSPS) is 15.1. The van der Waals surface area contributed by atoms with Crippen LogP contribution in [0, 0.1) is 5.92 Å². The monoisotopic (exact) mass is 421 g/mol. The van der Waals surface area contributed by atoms with Gasteiger partial charge in [-0.1, -0.05) is 38.1 Å². The second kappa shape index (κ2) is 10.8. The van der Waals surface area contributed by atoms with E-state index in [-0.39, 0.29) is 17.9 Å². The van der Waals surface area contributed by atoms with Crippen LogP contribution in [0.25, 0.3) is 0 Å². The molecule has 0 aromatic heterocycles. The number of hydrogen-bond donors (Lipinski definition) is 3. The first-order valence-corrected chi connectivity index (χ1v) is 11.2. The molecule has 1 fully saturated rings. The molecule has 0 spiro atoms. The zero-order valence-corrected chi connectivity index (χ0v) is 19.1. The van der Waals surface area contributed by atoms with Gasteiger partial charge in [0.2, 0.25) is 5.91 Å². The summed E-state index contributed by atoms with van der Waals surface area (Å²) in [6.07, 6.45) is 2.55. The maximum atomic E-state index is 11.8. The number of carbonyl (C=O) groups excluding carboxylic acids is 1. The first-order valence-electron chi connectivity index (χ1n) is 11.2. The van der Waals surface area contributed by atoms with Crippen LogP contribution in [0.3, 0.4) is 0 Å². The van der Waals surface area contributed by atoms with E-state index in [1.165, 1.54) is 24.1 Å². The summed E-state index contributed by atoms with van der Waals surface area (Å²) in [7, 11) is 1.78. The van der Waals surface area contributed by atoms with E-state index in [4.69, 9.17) is 0 Å². The highest BCUT2D eigenvalue weighted by Gasteiger charge is 2.14. The van der Waals surface area contributed by atoms with Crippen molar-refractivity contribution in [3.05, 3.63) is 59.7 Å². The van der Waals surface area contributed by atoms with Gasteiger partial charge in [0.05, 0.1) is 6.04 Å². The van der Waals surface area contributed by atoms with Crippen LogP contribution in [0.2, 0.25) is 0 Å². The minimum atomic E-state index is -0.0335. The molecule has 6 nitrogen and oxygen atoms in total. The zero-order chi connectivity index (χ0) is 22.2. The number of benzene rings is 2. The number of rotatable bonds is 7. The molecule has 2 aromatic carbocycles. The lowest BCUT2D eigenvalue weighted by Crippen LogP contribution is -2.38. The molecule has 1 atom stereocenters. The van der Waals surface area contributed by atoms with Gasteiger partial charge >= 0.3 is 0 Å². The molecule has 31 heavy (non-hydrogen) atoms.